The van der Waals surface area contributed by atoms with Gasteiger partial charge in [0.05, 0.1) is 6.04 Å². The monoisotopic (exact) mass is 383 g/mol. The third-order valence-corrected chi connectivity index (χ3v) is 5.82. The molecule has 3 rings (SSSR count). The summed E-state index contributed by atoms with van der Waals surface area (Å²) in [7, 11) is 0. The van der Waals surface area contributed by atoms with Crippen molar-refractivity contribution in [1.29, 1.82) is 0 Å². The minimum absolute atomic E-state index is 0.00169. The molecule has 2 heterocycles. The van der Waals surface area contributed by atoms with Gasteiger partial charge in [0.1, 0.15) is 6.61 Å². The quantitative estimate of drug-likeness (QED) is 0.767. The highest BCUT2D eigenvalue weighted by molar-refractivity contribution is 7.98. The zero-order valence-electron chi connectivity index (χ0n) is 13.9. The van der Waals surface area contributed by atoms with Crippen LogP contribution in [0.4, 0.5) is 9.59 Å². The Morgan fingerprint density at radius 3 is 3.04 bits per heavy atom. The van der Waals surface area contributed by atoms with Gasteiger partial charge in [0.25, 0.3) is 0 Å². The van der Waals surface area contributed by atoms with Crippen LogP contribution in [-0.4, -0.2) is 66.5 Å². The maximum atomic E-state index is 12.2. The first-order chi connectivity index (χ1) is 12.1. The standard InChI is InChI=1S/C17H22ClN3O3S/c18-15-5-2-1-4-13(15)12-25-9-3-6-19-16(22)20-7-8-21-14(10-20)11-24-17(21)23/h1-2,4-5,14H,3,6-12H2,(H,19,22)/t14-/m0/s1. The van der Waals surface area contributed by atoms with E-state index in [1.165, 1.54) is 0 Å². The summed E-state index contributed by atoms with van der Waals surface area (Å²) < 4.78 is 5.01. The van der Waals surface area contributed by atoms with E-state index in [0.29, 0.717) is 32.8 Å². The van der Waals surface area contributed by atoms with Crippen molar-refractivity contribution >= 4 is 35.5 Å². The number of nitrogens with zero attached hydrogens (tertiary/aromatic N) is 2. The van der Waals surface area contributed by atoms with Gasteiger partial charge < -0.3 is 15.0 Å². The van der Waals surface area contributed by atoms with Gasteiger partial charge in [0.15, 0.2) is 0 Å². The van der Waals surface area contributed by atoms with Crippen molar-refractivity contribution in [2.45, 2.75) is 18.2 Å². The molecule has 2 saturated heterocycles. The third kappa shape index (κ3) is 4.73. The molecule has 0 saturated carbocycles. The summed E-state index contributed by atoms with van der Waals surface area (Å²) in [4.78, 5) is 27.1. The van der Waals surface area contributed by atoms with Gasteiger partial charge in [-0.25, -0.2) is 9.59 Å². The molecule has 1 aromatic rings. The lowest BCUT2D eigenvalue weighted by Gasteiger charge is -2.35. The molecule has 3 amide bonds. The van der Waals surface area contributed by atoms with Gasteiger partial charge in [0, 0.05) is 37.0 Å². The van der Waals surface area contributed by atoms with Gasteiger partial charge in [-0.2, -0.15) is 11.8 Å². The lowest BCUT2D eigenvalue weighted by atomic mass is 10.2. The summed E-state index contributed by atoms with van der Waals surface area (Å²) >= 11 is 7.94. The molecule has 0 aliphatic carbocycles. The molecule has 1 aromatic carbocycles. The number of cyclic esters (lactones) is 1. The Morgan fingerprint density at radius 2 is 2.20 bits per heavy atom. The molecule has 8 heteroatoms. The first-order valence-electron chi connectivity index (χ1n) is 8.42. The average Bonchev–Trinajstić information content (AvgIpc) is 2.99. The molecule has 1 atom stereocenters. The Kier molecular flexibility index (Phi) is 6.31. The second-order valence-corrected chi connectivity index (χ2v) is 7.61. The van der Waals surface area contributed by atoms with Gasteiger partial charge in [-0.05, 0) is 23.8 Å². The minimum atomic E-state index is -0.263. The van der Waals surface area contributed by atoms with Crippen molar-refractivity contribution in [2.75, 3.05) is 38.5 Å². The summed E-state index contributed by atoms with van der Waals surface area (Å²) in [6.45, 7) is 2.66. The fourth-order valence-corrected chi connectivity index (χ4v) is 4.20. The van der Waals surface area contributed by atoms with Crippen LogP contribution in [0.25, 0.3) is 0 Å². The molecule has 2 aliphatic rings. The number of urea groups is 1. The smallest absolute Gasteiger partial charge is 0.410 e. The van der Waals surface area contributed by atoms with Crippen LogP contribution in [0.3, 0.4) is 0 Å². The van der Waals surface area contributed by atoms with E-state index in [1.807, 2.05) is 36.0 Å². The summed E-state index contributed by atoms with van der Waals surface area (Å²) in [6.07, 6.45) is 0.645. The number of hydrogen-bond acceptors (Lipinski definition) is 4. The first-order valence-corrected chi connectivity index (χ1v) is 9.96. The van der Waals surface area contributed by atoms with Crippen LogP contribution in [0.15, 0.2) is 24.3 Å². The Bertz CT molecular complexity index is 631. The molecule has 136 valence electrons. The maximum Gasteiger partial charge on any atom is 0.410 e. The first kappa shape index (κ1) is 18.2. The molecule has 0 spiro atoms. The van der Waals surface area contributed by atoms with Gasteiger partial charge in [0.2, 0.25) is 0 Å². The Morgan fingerprint density at radius 1 is 1.36 bits per heavy atom. The number of halogens is 1. The van der Waals surface area contributed by atoms with Crippen molar-refractivity contribution in [3.8, 4) is 0 Å². The van der Waals surface area contributed by atoms with Crippen molar-refractivity contribution in [1.82, 2.24) is 15.1 Å². The number of hydrogen-bond donors (Lipinski definition) is 1. The van der Waals surface area contributed by atoms with Crippen LogP contribution in [0.2, 0.25) is 5.02 Å². The molecule has 25 heavy (non-hydrogen) atoms. The third-order valence-electron chi connectivity index (χ3n) is 4.36. The van der Waals surface area contributed by atoms with E-state index in [4.69, 9.17) is 16.3 Å². The molecule has 0 radical (unpaired) electrons. The predicted octanol–water partition coefficient (Wildman–Crippen LogP) is 2.81. The topological polar surface area (TPSA) is 61.9 Å². The number of ether oxygens (including phenoxy) is 1. The van der Waals surface area contributed by atoms with Gasteiger partial charge in [-0.1, -0.05) is 29.8 Å². The Balaban J connectivity index is 1.29. The molecule has 0 aromatic heterocycles. The van der Waals surface area contributed by atoms with Crippen molar-refractivity contribution in [3.05, 3.63) is 34.9 Å². The summed E-state index contributed by atoms with van der Waals surface area (Å²) in [6, 6.07) is 7.80. The zero-order valence-corrected chi connectivity index (χ0v) is 15.5. The SMILES string of the molecule is O=C(NCCCSCc1ccccc1Cl)N1CCN2C(=O)OC[C@@H]2C1. The van der Waals surface area contributed by atoms with Crippen LogP contribution in [-0.2, 0) is 10.5 Å². The number of nitrogens with one attached hydrogen (secondary N) is 1. The predicted molar refractivity (Wildman–Crippen MR) is 99.0 cm³/mol. The minimum Gasteiger partial charge on any atom is -0.447 e. The second-order valence-electron chi connectivity index (χ2n) is 6.10. The zero-order chi connectivity index (χ0) is 17.6. The van der Waals surface area contributed by atoms with E-state index in [1.54, 1.807) is 9.80 Å². The number of piperazine rings is 1. The molecule has 6 nitrogen and oxygen atoms in total. The number of amides is 3. The van der Waals surface area contributed by atoms with E-state index >= 15 is 0 Å². The largest absolute Gasteiger partial charge is 0.447 e. The fraction of sp³-hybridized carbons (Fsp3) is 0.529. The summed E-state index contributed by atoms with van der Waals surface area (Å²) in [5, 5.41) is 3.76. The highest BCUT2D eigenvalue weighted by Gasteiger charge is 2.38. The fourth-order valence-electron chi connectivity index (χ4n) is 2.95. The second kappa shape index (κ2) is 8.67. The lowest BCUT2D eigenvalue weighted by Crippen LogP contribution is -2.56. The number of rotatable bonds is 6. The van der Waals surface area contributed by atoms with Gasteiger partial charge >= 0.3 is 12.1 Å². The van der Waals surface area contributed by atoms with Crippen LogP contribution in [0.5, 0.6) is 0 Å². The van der Waals surface area contributed by atoms with E-state index in [2.05, 4.69) is 5.32 Å². The molecule has 1 N–H and O–H groups in total. The Hall–Kier alpha value is -1.60. The van der Waals surface area contributed by atoms with Crippen LogP contribution in [0, 0.1) is 0 Å². The number of fused-ring (bicyclic) bond motifs is 1. The number of carbonyl (C=O) groups excluding carboxylic acids is 2. The van der Waals surface area contributed by atoms with E-state index in [9.17, 15) is 9.59 Å². The number of carbonyl (C=O) groups is 2. The van der Waals surface area contributed by atoms with Crippen molar-refractivity contribution in [3.63, 3.8) is 0 Å². The van der Waals surface area contributed by atoms with Gasteiger partial charge in [-0.3, -0.25) is 4.90 Å². The van der Waals surface area contributed by atoms with E-state index < -0.39 is 0 Å². The normalized spacial score (nSPS) is 19.6. The molecule has 0 unspecified atom stereocenters. The molecular formula is C17H22ClN3O3S. The highest BCUT2D eigenvalue weighted by atomic mass is 35.5. The Labute approximate surface area is 156 Å². The molecule has 2 aliphatic heterocycles. The average molecular weight is 384 g/mol. The highest BCUT2D eigenvalue weighted by Crippen LogP contribution is 2.21. The van der Waals surface area contributed by atoms with Crippen LogP contribution < -0.4 is 5.32 Å². The van der Waals surface area contributed by atoms with Crippen LogP contribution in [0.1, 0.15) is 12.0 Å². The molecule has 0 bridgehead atoms. The van der Waals surface area contributed by atoms with Gasteiger partial charge in [-0.15, -0.1) is 0 Å². The van der Waals surface area contributed by atoms with Crippen LogP contribution >= 0.6 is 23.4 Å². The summed E-state index contributed by atoms with van der Waals surface area (Å²) in [5.41, 5.74) is 1.14. The van der Waals surface area contributed by atoms with Crippen molar-refractivity contribution < 1.29 is 14.3 Å². The maximum absolute atomic E-state index is 12.2. The molecule has 2 fully saturated rings. The van der Waals surface area contributed by atoms with E-state index in [-0.39, 0.29) is 18.2 Å². The van der Waals surface area contributed by atoms with Crippen molar-refractivity contribution in [2.24, 2.45) is 0 Å². The summed E-state index contributed by atoms with van der Waals surface area (Å²) in [5.74, 6) is 1.84. The number of benzene rings is 1. The molecular weight excluding hydrogens is 362 g/mol. The van der Waals surface area contributed by atoms with E-state index in [0.717, 1.165) is 28.5 Å². The number of thioether (sulfide) groups is 1. The lowest BCUT2D eigenvalue weighted by molar-refractivity contribution is 0.127.